The van der Waals surface area contributed by atoms with E-state index in [0.29, 0.717) is 17.4 Å². The molecule has 63 heavy (non-hydrogen) atoms. The zero-order chi connectivity index (χ0) is 46.4. The minimum Gasteiger partial charge on any atom is -0.756 e. The summed E-state index contributed by atoms with van der Waals surface area (Å²) in [5, 5.41) is 0. The van der Waals surface area contributed by atoms with Gasteiger partial charge in [-0.1, -0.05) is 251 Å². The fraction of sp³-hybridized carbons (Fsp3) is 0.962. The van der Waals surface area contributed by atoms with E-state index in [1.807, 2.05) is 21.1 Å². The molecule has 0 aliphatic rings. The summed E-state index contributed by atoms with van der Waals surface area (Å²) in [7, 11) is 1.19. The van der Waals surface area contributed by atoms with E-state index in [9.17, 15) is 19.0 Å². The number of carbonyl (C=O) groups is 2. The smallest absolute Gasteiger partial charge is 0.306 e. The molecule has 0 aromatic rings. The number of carbonyl (C=O) groups excluding carboxylic acids is 2. The number of unbranched alkanes of at least 4 members (excludes halogenated alkanes) is 37. The molecular weight excluding hydrogens is 810 g/mol. The van der Waals surface area contributed by atoms with Crippen molar-refractivity contribution in [1.29, 1.82) is 0 Å². The lowest BCUT2D eigenvalue weighted by molar-refractivity contribution is -0.870. The summed E-state index contributed by atoms with van der Waals surface area (Å²) in [6, 6.07) is 0. The quantitative estimate of drug-likeness (QED) is 0.0257. The van der Waals surface area contributed by atoms with E-state index >= 15 is 0 Å². The molecule has 2 atom stereocenters. The van der Waals surface area contributed by atoms with Crippen molar-refractivity contribution in [2.24, 2.45) is 0 Å². The second-order valence-electron chi connectivity index (χ2n) is 20.0. The zero-order valence-corrected chi connectivity index (χ0v) is 43.5. The molecule has 0 heterocycles. The molecule has 10 heteroatoms. The molecule has 0 aliphatic carbocycles. The van der Waals surface area contributed by atoms with Crippen LogP contribution in [0.1, 0.15) is 277 Å². The Labute approximate surface area is 391 Å². The number of phosphoric ester groups is 1. The van der Waals surface area contributed by atoms with Gasteiger partial charge in [0.05, 0.1) is 27.7 Å². The molecular formula is C53H106NO8P. The summed E-state index contributed by atoms with van der Waals surface area (Å²) < 4.78 is 34.1. The number of esters is 2. The first-order chi connectivity index (χ1) is 30.5. The van der Waals surface area contributed by atoms with Crippen LogP contribution < -0.4 is 4.89 Å². The van der Waals surface area contributed by atoms with Crippen LogP contribution in [0.25, 0.3) is 0 Å². The van der Waals surface area contributed by atoms with Gasteiger partial charge in [-0.2, -0.15) is 0 Å². The third kappa shape index (κ3) is 50.3. The molecule has 0 saturated heterocycles. The number of quaternary nitrogens is 1. The van der Waals surface area contributed by atoms with Crippen molar-refractivity contribution in [3.05, 3.63) is 0 Å². The fourth-order valence-electron chi connectivity index (χ4n) is 8.13. The van der Waals surface area contributed by atoms with Crippen molar-refractivity contribution in [3.63, 3.8) is 0 Å². The van der Waals surface area contributed by atoms with Gasteiger partial charge in [-0.25, -0.2) is 0 Å². The van der Waals surface area contributed by atoms with E-state index in [0.717, 1.165) is 32.1 Å². The third-order valence-electron chi connectivity index (χ3n) is 12.4. The van der Waals surface area contributed by atoms with Crippen LogP contribution in [0.3, 0.4) is 0 Å². The lowest BCUT2D eigenvalue weighted by Crippen LogP contribution is -2.37. The first-order valence-corrected chi connectivity index (χ1v) is 28.7. The van der Waals surface area contributed by atoms with Crippen molar-refractivity contribution in [3.8, 4) is 0 Å². The van der Waals surface area contributed by atoms with Crippen LogP contribution >= 0.6 is 7.82 Å². The maximum absolute atomic E-state index is 12.8. The first kappa shape index (κ1) is 62.0. The van der Waals surface area contributed by atoms with E-state index in [1.165, 1.54) is 212 Å². The van der Waals surface area contributed by atoms with E-state index in [1.54, 1.807) is 0 Å². The number of phosphoric acid groups is 1. The molecule has 0 saturated carbocycles. The molecule has 0 amide bonds. The van der Waals surface area contributed by atoms with Gasteiger partial charge >= 0.3 is 11.9 Å². The molecule has 0 aliphatic heterocycles. The zero-order valence-electron chi connectivity index (χ0n) is 42.6. The lowest BCUT2D eigenvalue weighted by atomic mass is 10.0. The molecule has 0 fully saturated rings. The van der Waals surface area contributed by atoms with Gasteiger partial charge in [-0.3, -0.25) is 14.2 Å². The fourth-order valence-corrected chi connectivity index (χ4v) is 8.86. The summed E-state index contributed by atoms with van der Waals surface area (Å²) in [5.41, 5.74) is 0. The Hall–Kier alpha value is -0.990. The summed E-state index contributed by atoms with van der Waals surface area (Å²) in [6.45, 7) is 4.30. The van der Waals surface area contributed by atoms with Crippen molar-refractivity contribution in [1.82, 2.24) is 0 Å². The Morgan fingerprint density at radius 1 is 0.429 bits per heavy atom. The number of rotatable bonds is 51. The summed E-state index contributed by atoms with van der Waals surface area (Å²) in [4.78, 5) is 37.8. The number of hydrogen-bond donors (Lipinski definition) is 0. The first-order valence-electron chi connectivity index (χ1n) is 27.2. The van der Waals surface area contributed by atoms with Gasteiger partial charge in [0.15, 0.2) is 6.10 Å². The predicted molar refractivity (Wildman–Crippen MR) is 264 cm³/mol. The van der Waals surface area contributed by atoms with Crippen LogP contribution in [-0.2, 0) is 32.7 Å². The van der Waals surface area contributed by atoms with Gasteiger partial charge in [0, 0.05) is 12.8 Å². The topological polar surface area (TPSA) is 111 Å². The monoisotopic (exact) mass is 916 g/mol. The lowest BCUT2D eigenvalue weighted by Gasteiger charge is -2.28. The number of likely N-dealkylation sites (N-methyl/N-ethyl adjacent to an activating group) is 1. The molecule has 0 bridgehead atoms. The minimum atomic E-state index is -4.62. The summed E-state index contributed by atoms with van der Waals surface area (Å²) in [6.07, 6.45) is 49.9. The van der Waals surface area contributed by atoms with Gasteiger partial charge in [0.25, 0.3) is 7.82 Å². The highest BCUT2D eigenvalue weighted by atomic mass is 31.2. The van der Waals surface area contributed by atoms with Crippen LogP contribution in [0, 0.1) is 0 Å². The van der Waals surface area contributed by atoms with Gasteiger partial charge in [0.2, 0.25) is 0 Å². The molecule has 0 aromatic heterocycles. The number of nitrogens with zero attached hydrogens (tertiary/aromatic N) is 1. The number of hydrogen-bond acceptors (Lipinski definition) is 8. The van der Waals surface area contributed by atoms with Crippen LogP contribution in [-0.4, -0.2) is 70.0 Å². The Balaban J connectivity index is 4.15. The average molecular weight is 916 g/mol. The van der Waals surface area contributed by atoms with Crippen LogP contribution in [0.5, 0.6) is 0 Å². The minimum absolute atomic E-state index is 0.0252. The van der Waals surface area contributed by atoms with Crippen LogP contribution in [0.15, 0.2) is 0 Å². The summed E-state index contributed by atoms with van der Waals surface area (Å²) >= 11 is 0. The van der Waals surface area contributed by atoms with E-state index < -0.39 is 26.5 Å². The third-order valence-corrected chi connectivity index (χ3v) is 13.3. The van der Waals surface area contributed by atoms with E-state index in [-0.39, 0.29) is 32.0 Å². The molecule has 0 spiro atoms. The van der Waals surface area contributed by atoms with Crippen molar-refractivity contribution < 1.29 is 42.1 Å². The predicted octanol–water partition coefficient (Wildman–Crippen LogP) is 15.7. The van der Waals surface area contributed by atoms with Crippen molar-refractivity contribution >= 4 is 19.8 Å². The van der Waals surface area contributed by atoms with Crippen LogP contribution in [0.2, 0.25) is 0 Å². The Morgan fingerprint density at radius 2 is 0.714 bits per heavy atom. The standard InChI is InChI=1S/C53H106NO8P/c1-6-8-10-12-14-16-18-20-22-24-25-26-27-28-30-32-34-36-38-40-42-44-46-53(56)62-51(50-61-63(57,58)60-48-47-54(3,4)5)49-59-52(55)45-43-41-39-37-35-33-31-29-23-21-19-17-15-13-11-9-7-2/h51H,6-50H2,1-5H3/t51-/m1/s1. The maximum atomic E-state index is 12.8. The number of ether oxygens (including phenoxy) is 2. The normalized spacial score (nSPS) is 13.3. The highest BCUT2D eigenvalue weighted by molar-refractivity contribution is 7.45. The molecule has 0 radical (unpaired) electrons. The average Bonchev–Trinajstić information content (AvgIpc) is 3.24. The van der Waals surface area contributed by atoms with Crippen molar-refractivity contribution in [2.45, 2.75) is 283 Å². The molecule has 1 unspecified atom stereocenters. The summed E-state index contributed by atoms with van der Waals surface area (Å²) in [5.74, 6) is -0.811. The largest absolute Gasteiger partial charge is 0.756 e. The molecule has 0 rings (SSSR count). The molecule has 9 nitrogen and oxygen atoms in total. The highest BCUT2D eigenvalue weighted by Gasteiger charge is 2.22. The maximum Gasteiger partial charge on any atom is 0.306 e. The second-order valence-corrected chi connectivity index (χ2v) is 21.4. The van der Waals surface area contributed by atoms with Crippen molar-refractivity contribution in [2.75, 3.05) is 47.5 Å². The molecule has 376 valence electrons. The highest BCUT2D eigenvalue weighted by Crippen LogP contribution is 2.38. The Kier molecular flexibility index (Phi) is 45.4. The molecule has 0 aromatic carbocycles. The van der Waals surface area contributed by atoms with Crippen LogP contribution in [0.4, 0.5) is 0 Å². The Bertz CT molecular complexity index is 1040. The van der Waals surface area contributed by atoms with Gasteiger partial charge in [-0.15, -0.1) is 0 Å². The SMILES string of the molecule is CCCCCCCCCCCCCCCCCCCCCCCCC(=O)O[C@H](COC(=O)CCCCCCCCCCCCCCCCCCC)COP(=O)([O-])OCC[N+](C)(C)C. The van der Waals surface area contributed by atoms with Gasteiger partial charge in [-0.05, 0) is 12.8 Å². The van der Waals surface area contributed by atoms with E-state index in [4.69, 9.17) is 18.5 Å². The Morgan fingerprint density at radius 3 is 1.02 bits per heavy atom. The van der Waals surface area contributed by atoms with E-state index in [2.05, 4.69) is 13.8 Å². The molecule has 0 N–H and O–H groups in total. The van der Waals surface area contributed by atoms with Gasteiger partial charge < -0.3 is 27.9 Å². The van der Waals surface area contributed by atoms with Gasteiger partial charge in [0.1, 0.15) is 19.8 Å². The second kappa shape index (κ2) is 46.1.